The van der Waals surface area contributed by atoms with Crippen LogP contribution >= 0.6 is 0 Å². The summed E-state index contributed by atoms with van der Waals surface area (Å²) in [5.41, 5.74) is 1.58. The highest BCUT2D eigenvalue weighted by Crippen LogP contribution is 2.44. The normalized spacial score (nSPS) is 13.3. The Bertz CT molecular complexity index is 1220. The molecule has 0 saturated heterocycles. The van der Waals surface area contributed by atoms with E-state index in [4.69, 9.17) is 4.74 Å². The summed E-state index contributed by atoms with van der Waals surface area (Å²) in [6.45, 7) is 2.51. The highest BCUT2D eigenvalue weighted by atomic mass is 19.4. The molecule has 1 N–H and O–H groups in total. The molecule has 1 atom stereocenters. The van der Waals surface area contributed by atoms with Crippen molar-refractivity contribution in [3.63, 3.8) is 0 Å². The van der Waals surface area contributed by atoms with Crippen molar-refractivity contribution in [1.29, 1.82) is 0 Å². The Labute approximate surface area is 214 Å². The number of aliphatic hydroxyl groups is 1. The number of ether oxygens (including phenoxy) is 1. The maximum atomic E-state index is 13.9. The van der Waals surface area contributed by atoms with Gasteiger partial charge in [-0.05, 0) is 43.2 Å². The molecule has 3 aromatic carbocycles. The summed E-state index contributed by atoms with van der Waals surface area (Å²) >= 11 is 0. The predicted octanol–water partition coefficient (Wildman–Crippen LogP) is 7.47. The predicted molar refractivity (Wildman–Crippen MR) is 126 cm³/mol. The zero-order valence-corrected chi connectivity index (χ0v) is 20.4. The Balaban J connectivity index is 1.89. The van der Waals surface area contributed by atoms with Crippen molar-refractivity contribution in [2.75, 3.05) is 11.4 Å². The van der Waals surface area contributed by atoms with Crippen molar-refractivity contribution in [3.05, 3.63) is 94.5 Å². The fourth-order valence-electron chi connectivity index (χ4n) is 3.91. The Morgan fingerprint density at radius 2 is 1.42 bits per heavy atom. The van der Waals surface area contributed by atoms with Crippen molar-refractivity contribution < 1.29 is 45.0 Å². The third-order valence-corrected chi connectivity index (χ3v) is 5.66. The van der Waals surface area contributed by atoms with Crippen LogP contribution in [0.15, 0.2) is 66.7 Å². The average molecular weight is 547 g/mol. The molecule has 0 bridgehead atoms. The maximum Gasteiger partial charge on any atom is 0.458 e. The van der Waals surface area contributed by atoms with Crippen LogP contribution in [-0.2, 0) is 19.1 Å². The maximum absolute atomic E-state index is 13.9. The van der Waals surface area contributed by atoms with Crippen molar-refractivity contribution in [3.8, 4) is 5.75 Å². The van der Waals surface area contributed by atoms with Gasteiger partial charge in [-0.1, -0.05) is 53.6 Å². The lowest BCUT2D eigenvalue weighted by molar-refractivity contribution is -0.289. The monoisotopic (exact) mass is 547 g/mol. The summed E-state index contributed by atoms with van der Waals surface area (Å²) in [4.78, 5) is 1.03. The van der Waals surface area contributed by atoms with Gasteiger partial charge in [0.2, 0.25) is 0 Å². The van der Waals surface area contributed by atoms with Crippen molar-refractivity contribution in [2.45, 2.75) is 51.4 Å². The van der Waals surface area contributed by atoms with Crippen LogP contribution in [0.25, 0.3) is 0 Å². The molecule has 38 heavy (non-hydrogen) atoms. The van der Waals surface area contributed by atoms with Gasteiger partial charge in [-0.15, -0.1) is 0 Å². The zero-order chi connectivity index (χ0) is 28.3. The second-order valence-electron chi connectivity index (χ2n) is 8.99. The van der Waals surface area contributed by atoms with E-state index in [1.165, 1.54) is 24.3 Å². The van der Waals surface area contributed by atoms with Gasteiger partial charge in [-0.25, -0.2) is 0 Å². The molecule has 3 aromatic rings. The van der Waals surface area contributed by atoms with Gasteiger partial charge < -0.3 is 14.7 Å². The van der Waals surface area contributed by atoms with Crippen molar-refractivity contribution in [1.82, 2.24) is 0 Å². The minimum Gasteiger partial charge on any atom is -0.489 e. The highest BCUT2D eigenvalue weighted by molar-refractivity contribution is 5.51. The largest absolute Gasteiger partial charge is 0.489 e. The van der Waals surface area contributed by atoms with E-state index >= 15 is 0 Å². The molecule has 0 heterocycles. The molecule has 3 rings (SSSR count). The molecule has 0 radical (unpaired) electrons. The number of aliphatic hydroxyl groups excluding tert-OH is 1. The molecule has 0 aliphatic rings. The van der Waals surface area contributed by atoms with Gasteiger partial charge in [0, 0.05) is 23.9 Å². The minimum absolute atomic E-state index is 0.109. The Morgan fingerprint density at radius 1 is 0.789 bits per heavy atom. The van der Waals surface area contributed by atoms with E-state index in [1.807, 2.05) is 32.0 Å². The number of aryl methyl sites for hydroxylation is 2. The lowest BCUT2D eigenvalue weighted by atomic mass is 10.0. The fraction of sp³-hybridized carbons (Fsp3) is 0.333. The first-order chi connectivity index (χ1) is 17.6. The van der Waals surface area contributed by atoms with Crippen LogP contribution in [0.2, 0.25) is 0 Å². The number of halogens is 8. The van der Waals surface area contributed by atoms with E-state index in [9.17, 15) is 40.2 Å². The Morgan fingerprint density at radius 3 is 2.03 bits per heavy atom. The van der Waals surface area contributed by atoms with Gasteiger partial charge in [0.05, 0.1) is 6.54 Å². The number of benzene rings is 3. The molecule has 0 aliphatic heterocycles. The molecule has 0 amide bonds. The van der Waals surface area contributed by atoms with Crippen molar-refractivity contribution in [2.24, 2.45) is 0 Å². The first kappa shape index (κ1) is 29.2. The summed E-state index contributed by atoms with van der Waals surface area (Å²) in [6.07, 6.45) is -13.6. The van der Waals surface area contributed by atoms with Gasteiger partial charge in [0.1, 0.15) is 12.4 Å². The first-order valence-electron chi connectivity index (χ1n) is 11.4. The molecule has 1 unspecified atom stereocenters. The van der Waals surface area contributed by atoms with E-state index in [1.54, 1.807) is 6.07 Å². The topological polar surface area (TPSA) is 32.7 Å². The second kappa shape index (κ2) is 11.2. The van der Waals surface area contributed by atoms with Crippen LogP contribution < -0.4 is 9.64 Å². The second-order valence-corrected chi connectivity index (χ2v) is 8.99. The Kier molecular flexibility index (Phi) is 8.60. The smallest absolute Gasteiger partial charge is 0.458 e. The molecule has 0 aliphatic carbocycles. The van der Waals surface area contributed by atoms with Gasteiger partial charge in [-0.3, -0.25) is 0 Å². The van der Waals surface area contributed by atoms with E-state index in [-0.39, 0.29) is 23.6 Å². The number of hydrogen-bond donors (Lipinski definition) is 1. The molecule has 11 heteroatoms. The van der Waals surface area contributed by atoms with Gasteiger partial charge in [-0.2, -0.15) is 35.1 Å². The summed E-state index contributed by atoms with van der Waals surface area (Å²) < 4.78 is 111. The summed E-state index contributed by atoms with van der Waals surface area (Å²) in [6, 6.07) is 15.0. The molecular weight excluding hydrogens is 522 g/mol. The van der Waals surface area contributed by atoms with Crippen LogP contribution in [0, 0.1) is 13.8 Å². The summed E-state index contributed by atoms with van der Waals surface area (Å²) in [7, 11) is 0. The third kappa shape index (κ3) is 7.37. The number of nitrogens with zero attached hydrogens (tertiary/aromatic N) is 1. The van der Waals surface area contributed by atoms with Gasteiger partial charge in [0.25, 0.3) is 0 Å². The van der Waals surface area contributed by atoms with Crippen LogP contribution in [0.5, 0.6) is 5.75 Å². The van der Waals surface area contributed by atoms with E-state index in [2.05, 4.69) is 0 Å². The lowest BCUT2D eigenvalue weighted by Gasteiger charge is -2.29. The van der Waals surface area contributed by atoms with Crippen LogP contribution in [0.1, 0.15) is 27.8 Å². The number of hydrogen-bond acceptors (Lipinski definition) is 3. The van der Waals surface area contributed by atoms with Gasteiger partial charge in [0.15, 0.2) is 6.10 Å². The average Bonchev–Trinajstić information content (AvgIpc) is 2.81. The molecule has 0 fully saturated rings. The van der Waals surface area contributed by atoms with Crippen LogP contribution in [0.3, 0.4) is 0 Å². The Hall–Kier alpha value is -3.34. The number of alkyl halides is 8. The van der Waals surface area contributed by atoms with E-state index in [0.717, 1.165) is 27.7 Å². The standard InChI is InChI=1S/C27H25F8NO2/c1-17-9-18(2)11-20(10-17)16-38-23-8-4-7-22(13-23)36(15-24(37)26(30,31)32)14-19-5-3-6-21(12-19)25(28,29)27(33,34)35/h3-13,24,37H,14-16H2,1-2H3. The first-order valence-corrected chi connectivity index (χ1v) is 11.4. The third-order valence-electron chi connectivity index (χ3n) is 5.66. The number of rotatable bonds is 9. The SMILES string of the molecule is Cc1cc(C)cc(COc2cccc(N(Cc3cccc(C(F)(F)C(F)(F)F)c3)CC(O)C(F)(F)F)c2)c1. The summed E-state index contributed by atoms with van der Waals surface area (Å²) in [5, 5.41) is 9.69. The zero-order valence-electron chi connectivity index (χ0n) is 20.4. The van der Waals surface area contributed by atoms with E-state index in [0.29, 0.717) is 12.1 Å². The fourth-order valence-corrected chi connectivity index (χ4v) is 3.91. The molecule has 0 aromatic heterocycles. The van der Waals surface area contributed by atoms with Gasteiger partial charge >= 0.3 is 18.3 Å². The molecule has 206 valence electrons. The van der Waals surface area contributed by atoms with E-state index < -0.39 is 43.0 Å². The number of anilines is 1. The van der Waals surface area contributed by atoms with Crippen LogP contribution in [0.4, 0.5) is 40.8 Å². The van der Waals surface area contributed by atoms with Crippen LogP contribution in [-0.4, -0.2) is 30.1 Å². The molecule has 0 spiro atoms. The highest BCUT2D eigenvalue weighted by Gasteiger charge is 2.58. The quantitative estimate of drug-likeness (QED) is 0.282. The molecular formula is C27H25F8NO2. The summed E-state index contributed by atoms with van der Waals surface area (Å²) in [5.74, 6) is -4.87. The van der Waals surface area contributed by atoms with Crippen molar-refractivity contribution >= 4 is 5.69 Å². The molecule has 3 nitrogen and oxygen atoms in total. The lowest BCUT2D eigenvalue weighted by Crippen LogP contribution is -2.41. The minimum atomic E-state index is -5.85. The molecule has 0 saturated carbocycles.